The van der Waals surface area contributed by atoms with Gasteiger partial charge in [0.2, 0.25) is 5.91 Å². The molecule has 0 radical (unpaired) electrons. The van der Waals surface area contributed by atoms with Gasteiger partial charge in [0.05, 0.1) is 22.6 Å². The summed E-state index contributed by atoms with van der Waals surface area (Å²) >= 11 is 5.82. The molecule has 1 amide bonds. The van der Waals surface area contributed by atoms with E-state index in [4.69, 9.17) is 23.1 Å². The van der Waals surface area contributed by atoms with E-state index in [-0.39, 0.29) is 12.3 Å². The van der Waals surface area contributed by atoms with Gasteiger partial charge in [0.25, 0.3) is 0 Å². The number of aromatic nitrogens is 1. The number of carbonyl (C=O) groups excluding carboxylic acids is 1. The minimum absolute atomic E-state index is 0.234. The van der Waals surface area contributed by atoms with Crippen molar-refractivity contribution >= 4 is 28.9 Å². The topological polar surface area (TPSA) is 94.0 Å². The first kappa shape index (κ1) is 10.6. The predicted octanol–water partition coefficient (Wildman–Crippen LogP) is 0.604. The third-order valence-corrected chi connectivity index (χ3v) is 1.89. The van der Waals surface area contributed by atoms with Crippen LogP contribution < -0.4 is 16.8 Å². The molecule has 1 heterocycles. The quantitative estimate of drug-likeness (QED) is 0.684. The fraction of sp³-hybridized carbons (Fsp3) is 0.250. The Kier molecular flexibility index (Phi) is 3.53. The zero-order valence-electron chi connectivity index (χ0n) is 7.46. The number of nitrogens with zero attached hydrogens (tertiary/aromatic N) is 1. The second kappa shape index (κ2) is 4.66. The van der Waals surface area contributed by atoms with E-state index >= 15 is 0 Å². The summed E-state index contributed by atoms with van der Waals surface area (Å²) < 4.78 is 0. The number of carbonyl (C=O) groups is 1. The molecular weight excluding hydrogens is 204 g/mol. The molecule has 0 bridgehead atoms. The van der Waals surface area contributed by atoms with Crippen molar-refractivity contribution in [2.75, 3.05) is 17.6 Å². The normalized spacial score (nSPS) is 9.79. The molecule has 1 aromatic rings. The molecule has 0 aliphatic carbocycles. The highest BCUT2D eigenvalue weighted by atomic mass is 35.5. The van der Waals surface area contributed by atoms with Crippen molar-refractivity contribution in [3.05, 3.63) is 17.4 Å². The number of pyridine rings is 1. The Balaban J connectivity index is 2.62. The summed E-state index contributed by atoms with van der Waals surface area (Å²) in [5.41, 5.74) is 11.6. The number of amides is 1. The van der Waals surface area contributed by atoms with E-state index in [2.05, 4.69) is 10.3 Å². The van der Waals surface area contributed by atoms with Crippen molar-refractivity contribution in [3.63, 3.8) is 0 Å². The molecule has 5 N–H and O–H groups in total. The Morgan fingerprint density at radius 3 is 2.86 bits per heavy atom. The lowest BCUT2D eigenvalue weighted by Gasteiger charge is -2.09. The lowest BCUT2D eigenvalue weighted by atomic mass is 10.3. The third kappa shape index (κ3) is 2.77. The van der Waals surface area contributed by atoms with Crippen LogP contribution in [0.25, 0.3) is 0 Å². The molecular formula is C8H11ClN4O. The fourth-order valence-corrected chi connectivity index (χ4v) is 1.18. The maximum atomic E-state index is 10.5. The molecule has 14 heavy (non-hydrogen) atoms. The van der Waals surface area contributed by atoms with Gasteiger partial charge >= 0.3 is 0 Å². The molecule has 0 aromatic carbocycles. The van der Waals surface area contributed by atoms with Crippen molar-refractivity contribution in [3.8, 4) is 0 Å². The highest BCUT2D eigenvalue weighted by Crippen LogP contribution is 2.26. The number of hydrogen-bond donors (Lipinski definition) is 3. The van der Waals surface area contributed by atoms with Gasteiger partial charge < -0.3 is 16.8 Å². The van der Waals surface area contributed by atoms with Crippen molar-refractivity contribution in [2.24, 2.45) is 5.73 Å². The Labute approximate surface area is 86.4 Å². The molecule has 0 spiro atoms. The van der Waals surface area contributed by atoms with E-state index in [1.807, 2.05) is 0 Å². The average Bonchev–Trinajstić information content (AvgIpc) is 2.09. The number of rotatable bonds is 4. The van der Waals surface area contributed by atoms with Gasteiger partial charge in [-0.15, -0.1) is 0 Å². The summed E-state index contributed by atoms with van der Waals surface area (Å²) in [5.74, 6) is -0.374. The molecule has 0 atom stereocenters. The zero-order valence-corrected chi connectivity index (χ0v) is 8.21. The van der Waals surface area contributed by atoms with E-state index in [1.165, 1.54) is 12.4 Å². The van der Waals surface area contributed by atoms with Gasteiger partial charge in [-0.2, -0.15) is 0 Å². The lowest BCUT2D eigenvalue weighted by Crippen LogP contribution is -2.16. The molecule has 6 heteroatoms. The maximum absolute atomic E-state index is 10.5. The standard InChI is InChI=1S/C8H11ClN4O/c9-5-3-12-4-6(10)8(5)13-2-1-7(11)14/h3-4H,1-2,10H2,(H2,11,14)(H,12,13). The molecule has 1 rings (SSSR count). The number of nitrogens with one attached hydrogen (secondary N) is 1. The Bertz CT molecular complexity index is 322. The lowest BCUT2D eigenvalue weighted by molar-refractivity contribution is -0.117. The Hall–Kier alpha value is -1.49. The molecule has 0 aliphatic rings. The van der Waals surface area contributed by atoms with Crippen molar-refractivity contribution < 1.29 is 4.79 Å². The summed E-state index contributed by atoms with van der Waals surface area (Å²) in [6.07, 6.45) is 3.20. The van der Waals surface area contributed by atoms with E-state index in [0.29, 0.717) is 22.9 Å². The summed E-state index contributed by atoms with van der Waals surface area (Å²) in [7, 11) is 0. The van der Waals surface area contributed by atoms with Crippen molar-refractivity contribution in [1.82, 2.24) is 4.98 Å². The van der Waals surface area contributed by atoms with Gasteiger partial charge in [-0.1, -0.05) is 11.6 Å². The molecule has 0 aliphatic heterocycles. The fourth-order valence-electron chi connectivity index (χ4n) is 0.947. The van der Waals surface area contributed by atoms with Gasteiger partial charge in [-0.3, -0.25) is 9.78 Å². The number of primary amides is 1. The second-order valence-electron chi connectivity index (χ2n) is 2.73. The molecule has 0 saturated carbocycles. The SMILES string of the molecule is NC(=O)CCNc1c(N)cncc1Cl. The van der Waals surface area contributed by atoms with Crippen molar-refractivity contribution in [2.45, 2.75) is 6.42 Å². The molecule has 0 saturated heterocycles. The third-order valence-electron chi connectivity index (χ3n) is 1.60. The number of nitrogens with two attached hydrogens (primary N) is 2. The van der Waals surface area contributed by atoms with Crippen LogP contribution in [0.4, 0.5) is 11.4 Å². The second-order valence-corrected chi connectivity index (χ2v) is 3.14. The minimum atomic E-state index is -0.374. The average molecular weight is 215 g/mol. The van der Waals surface area contributed by atoms with Crippen LogP contribution in [0.2, 0.25) is 5.02 Å². The van der Waals surface area contributed by atoms with E-state index in [9.17, 15) is 4.79 Å². The Morgan fingerprint density at radius 1 is 1.57 bits per heavy atom. The maximum Gasteiger partial charge on any atom is 0.219 e. The highest BCUT2D eigenvalue weighted by molar-refractivity contribution is 6.33. The zero-order chi connectivity index (χ0) is 10.6. The summed E-state index contributed by atoms with van der Waals surface area (Å²) in [6, 6.07) is 0. The number of halogens is 1. The van der Waals surface area contributed by atoms with Crippen LogP contribution in [-0.2, 0) is 4.79 Å². The summed E-state index contributed by atoms with van der Waals surface area (Å²) in [5, 5.41) is 3.34. The molecule has 5 nitrogen and oxygen atoms in total. The van der Waals surface area contributed by atoms with Crippen LogP contribution in [0.15, 0.2) is 12.4 Å². The van der Waals surface area contributed by atoms with Crippen LogP contribution in [0.1, 0.15) is 6.42 Å². The minimum Gasteiger partial charge on any atom is -0.396 e. The van der Waals surface area contributed by atoms with Gasteiger partial charge in [0.1, 0.15) is 0 Å². The molecule has 0 unspecified atom stereocenters. The van der Waals surface area contributed by atoms with Crippen LogP contribution >= 0.6 is 11.6 Å². The first-order chi connectivity index (χ1) is 6.61. The van der Waals surface area contributed by atoms with E-state index < -0.39 is 0 Å². The van der Waals surface area contributed by atoms with Gasteiger partial charge in [-0.05, 0) is 0 Å². The van der Waals surface area contributed by atoms with Crippen LogP contribution in [0.3, 0.4) is 0 Å². The smallest absolute Gasteiger partial charge is 0.219 e. The van der Waals surface area contributed by atoms with Gasteiger partial charge in [0, 0.05) is 19.2 Å². The summed E-state index contributed by atoms with van der Waals surface area (Å²) in [4.78, 5) is 14.3. The van der Waals surface area contributed by atoms with E-state index in [1.54, 1.807) is 0 Å². The number of nitrogen functional groups attached to an aromatic ring is 1. The van der Waals surface area contributed by atoms with Crippen LogP contribution in [0, 0.1) is 0 Å². The molecule has 0 fully saturated rings. The number of hydrogen-bond acceptors (Lipinski definition) is 4. The highest BCUT2D eigenvalue weighted by Gasteiger charge is 2.04. The number of anilines is 2. The largest absolute Gasteiger partial charge is 0.396 e. The van der Waals surface area contributed by atoms with Gasteiger partial charge in [-0.25, -0.2) is 0 Å². The first-order valence-electron chi connectivity index (χ1n) is 4.02. The predicted molar refractivity (Wildman–Crippen MR) is 56.0 cm³/mol. The summed E-state index contributed by atoms with van der Waals surface area (Å²) in [6.45, 7) is 0.406. The van der Waals surface area contributed by atoms with E-state index in [0.717, 1.165) is 0 Å². The monoisotopic (exact) mass is 214 g/mol. The molecule has 76 valence electrons. The Morgan fingerprint density at radius 2 is 2.29 bits per heavy atom. The van der Waals surface area contributed by atoms with Crippen molar-refractivity contribution in [1.29, 1.82) is 0 Å². The van der Waals surface area contributed by atoms with Crippen LogP contribution in [0.5, 0.6) is 0 Å². The van der Waals surface area contributed by atoms with Crippen LogP contribution in [-0.4, -0.2) is 17.4 Å². The molecule has 1 aromatic heterocycles. The first-order valence-corrected chi connectivity index (χ1v) is 4.40. The van der Waals surface area contributed by atoms with Gasteiger partial charge in [0.15, 0.2) is 0 Å².